The molecule has 0 aliphatic rings. The number of anilines is 1. The molecule has 2 aromatic carbocycles. The first kappa shape index (κ1) is 22.5. The van der Waals surface area contributed by atoms with Crippen molar-refractivity contribution in [2.45, 2.75) is 30.1 Å². The number of aromatic nitrogens is 3. The van der Waals surface area contributed by atoms with Gasteiger partial charge in [0.2, 0.25) is 5.91 Å². The number of benzene rings is 2. The minimum atomic E-state index is -0.112. The van der Waals surface area contributed by atoms with Crippen LogP contribution in [0.3, 0.4) is 0 Å². The van der Waals surface area contributed by atoms with Gasteiger partial charge in [-0.25, -0.2) is 0 Å². The largest absolute Gasteiger partial charge is 0.325 e. The number of carbonyl (C=O) groups is 1. The average molecular weight is 459 g/mol. The maximum absolute atomic E-state index is 12.4. The fraction of sp³-hybridized carbons (Fsp3) is 0.227. The molecule has 3 aromatic rings. The van der Waals surface area contributed by atoms with E-state index < -0.39 is 0 Å². The molecule has 0 aliphatic carbocycles. The van der Waals surface area contributed by atoms with Gasteiger partial charge in [0, 0.05) is 23.0 Å². The summed E-state index contributed by atoms with van der Waals surface area (Å²) in [4.78, 5) is 12.4. The fourth-order valence-corrected chi connectivity index (χ4v) is 4.61. The monoisotopic (exact) mass is 458 g/mol. The van der Waals surface area contributed by atoms with Crippen molar-refractivity contribution in [3.63, 3.8) is 0 Å². The maximum atomic E-state index is 12.4. The SMILES string of the molecule is C=CCn1c(CSCc2ccccc2)nnc1SCC(=O)Nc1cccc(Cl)c1C. The Hall–Kier alpha value is -2.22. The molecule has 0 aliphatic heterocycles. The topological polar surface area (TPSA) is 59.8 Å². The zero-order valence-corrected chi connectivity index (χ0v) is 19.1. The van der Waals surface area contributed by atoms with E-state index in [2.05, 4.69) is 34.2 Å². The second-order valence-electron chi connectivity index (χ2n) is 6.53. The smallest absolute Gasteiger partial charge is 0.234 e. The van der Waals surface area contributed by atoms with Gasteiger partial charge in [-0.15, -0.1) is 28.5 Å². The third kappa shape index (κ3) is 6.14. The Bertz CT molecular complexity index is 1010. The maximum Gasteiger partial charge on any atom is 0.234 e. The van der Waals surface area contributed by atoms with Crippen molar-refractivity contribution in [1.82, 2.24) is 14.8 Å². The van der Waals surface area contributed by atoms with Crippen molar-refractivity contribution in [3.05, 3.63) is 83.2 Å². The predicted molar refractivity (Wildman–Crippen MR) is 127 cm³/mol. The first-order chi connectivity index (χ1) is 14.6. The van der Waals surface area contributed by atoms with Crippen molar-refractivity contribution in [1.29, 1.82) is 0 Å². The van der Waals surface area contributed by atoms with Crippen LogP contribution in [0.4, 0.5) is 5.69 Å². The van der Waals surface area contributed by atoms with E-state index in [1.54, 1.807) is 17.8 Å². The number of halogens is 1. The number of thioether (sulfide) groups is 2. The predicted octanol–water partition coefficient (Wildman–Crippen LogP) is 5.59. The summed E-state index contributed by atoms with van der Waals surface area (Å²) in [6.45, 7) is 6.31. The molecule has 0 fully saturated rings. The van der Waals surface area contributed by atoms with E-state index in [-0.39, 0.29) is 11.7 Å². The number of nitrogens with one attached hydrogen (secondary N) is 1. The van der Waals surface area contributed by atoms with Gasteiger partial charge in [0.25, 0.3) is 0 Å². The van der Waals surface area contributed by atoms with Crippen molar-refractivity contribution in [2.75, 3.05) is 11.1 Å². The lowest BCUT2D eigenvalue weighted by Crippen LogP contribution is -2.15. The standard InChI is InChI=1S/C22H23ClN4OS2/c1-3-12-27-20(14-29-13-17-8-5-4-6-9-17)25-26-22(27)30-15-21(28)24-19-11-7-10-18(23)16(19)2/h3-11H,1,12-15H2,2H3,(H,24,28). The minimum absolute atomic E-state index is 0.112. The number of hydrogen-bond acceptors (Lipinski definition) is 5. The zero-order valence-electron chi connectivity index (χ0n) is 16.7. The molecule has 0 atom stereocenters. The molecule has 0 unspecified atom stereocenters. The third-order valence-electron chi connectivity index (χ3n) is 4.32. The number of hydrogen-bond donors (Lipinski definition) is 1. The summed E-state index contributed by atoms with van der Waals surface area (Å²) in [6, 6.07) is 15.8. The van der Waals surface area contributed by atoms with Gasteiger partial charge in [-0.2, -0.15) is 0 Å². The molecule has 1 amide bonds. The third-order valence-corrected chi connectivity index (χ3v) is 6.70. The van der Waals surface area contributed by atoms with Crippen LogP contribution in [0, 0.1) is 6.92 Å². The van der Waals surface area contributed by atoms with E-state index in [4.69, 9.17) is 11.6 Å². The second kappa shape index (κ2) is 11.2. The molecule has 0 radical (unpaired) electrons. The van der Waals surface area contributed by atoms with Gasteiger partial charge in [0.1, 0.15) is 5.82 Å². The van der Waals surface area contributed by atoms with E-state index in [9.17, 15) is 4.79 Å². The molecule has 5 nitrogen and oxygen atoms in total. The number of nitrogens with zero attached hydrogens (tertiary/aromatic N) is 3. The van der Waals surface area contributed by atoms with Crippen molar-refractivity contribution < 1.29 is 4.79 Å². The van der Waals surface area contributed by atoms with Crippen LogP contribution in [-0.2, 0) is 22.8 Å². The summed E-state index contributed by atoms with van der Waals surface area (Å²) in [5.74, 6) is 2.65. The molecule has 8 heteroatoms. The van der Waals surface area contributed by atoms with Crippen LogP contribution in [0.1, 0.15) is 17.0 Å². The fourth-order valence-electron chi connectivity index (χ4n) is 2.74. The van der Waals surface area contributed by atoms with Crippen LogP contribution in [0.5, 0.6) is 0 Å². The lowest BCUT2D eigenvalue weighted by atomic mass is 10.2. The zero-order chi connectivity index (χ0) is 21.3. The highest BCUT2D eigenvalue weighted by Crippen LogP contribution is 2.25. The number of carbonyl (C=O) groups excluding carboxylic acids is 1. The molecule has 156 valence electrons. The Morgan fingerprint density at radius 2 is 1.97 bits per heavy atom. The van der Waals surface area contributed by atoms with Crippen molar-refractivity contribution in [3.8, 4) is 0 Å². The van der Waals surface area contributed by atoms with E-state index in [1.807, 2.05) is 47.9 Å². The molecule has 3 rings (SSSR count). The molecule has 0 saturated carbocycles. The van der Waals surface area contributed by atoms with Crippen LogP contribution in [-0.4, -0.2) is 26.4 Å². The van der Waals surface area contributed by atoms with Crippen LogP contribution >= 0.6 is 35.1 Å². The Morgan fingerprint density at radius 3 is 2.73 bits per heavy atom. The molecule has 30 heavy (non-hydrogen) atoms. The van der Waals surface area contributed by atoms with Crippen LogP contribution in [0.2, 0.25) is 5.02 Å². The van der Waals surface area contributed by atoms with Gasteiger partial charge < -0.3 is 9.88 Å². The average Bonchev–Trinajstić information content (AvgIpc) is 3.13. The summed E-state index contributed by atoms with van der Waals surface area (Å²) in [5.41, 5.74) is 2.85. The first-order valence-electron chi connectivity index (χ1n) is 9.41. The molecule has 1 N–H and O–H groups in total. The molecule has 1 aromatic heterocycles. The normalized spacial score (nSPS) is 10.7. The summed E-state index contributed by atoms with van der Waals surface area (Å²) in [6.07, 6.45) is 1.81. The van der Waals surface area contributed by atoms with E-state index in [1.165, 1.54) is 17.3 Å². The first-order valence-corrected chi connectivity index (χ1v) is 11.9. The summed E-state index contributed by atoms with van der Waals surface area (Å²) < 4.78 is 2.01. The number of rotatable bonds is 10. The van der Waals surface area contributed by atoms with Gasteiger partial charge in [-0.05, 0) is 30.2 Å². The quantitative estimate of drug-likeness (QED) is 0.317. The summed E-state index contributed by atoms with van der Waals surface area (Å²) >= 11 is 9.27. The Balaban J connectivity index is 1.58. The van der Waals surface area contributed by atoms with E-state index >= 15 is 0 Å². The lowest BCUT2D eigenvalue weighted by Gasteiger charge is -2.10. The second-order valence-corrected chi connectivity index (χ2v) is 8.86. The van der Waals surface area contributed by atoms with Crippen molar-refractivity contribution in [2.24, 2.45) is 0 Å². The highest BCUT2D eigenvalue weighted by atomic mass is 35.5. The van der Waals surface area contributed by atoms with Crippen LogP contribution in [0.15, 0.2) is 66.3 Å². The Kier molecular flexibility index (Phi) is 8.42. The Labute approximate surface area is 190 Å². The minimum Gasteiger partial charge on any atom is -0.325 e. The molecule has 0 bridgehead atoms. The lowest BCUT2D eigenvalue weighted by molar-refractivity contribution is -0.113. The number of allylic oxidation sites excluding steroid dienone is 1. The van der Waals surface area contributed by atoms with E-state index in [0.29, 0.717) is 16.7 Å². The molecular weight excluding hydrogens is 436 g/mol. The van der Waals surface area contributed by atoms with Gasteiger partial charge in [-0.1, -0.05) is 65.8 Å². The highest BCUT2D eigenvalue weighted by molar-refractivity contribution is 7.99. The van der Waals surface area contributed by atoms with E-state index in [0.717, 1.165) is 28.6 Å². The molecule has 0 spiro atoms. The van der Waals surface area contributed by atoms with Gasteiger partial charge in [0.15, 0.2) is 5.16 Å². The van der Waals surface area contributed by atoms with Gasteiger partial charge >= 0.3 is 0 Å². The number of amides is 1. The summed E-state index contributed by atoms with van der Waals surface area (Å²) in [5, 5.41) is 12.9. The van der Waals surface area contributed by atoms with Crippen LogP contribution < -0.4 is 5.32 Å². The van der Waals surface area contributed by atoms with Gasteiger partial charge in [0.05, 0.1) is 11.5 Å². The van der Waals surface area contributed by atoms with Crippen LogP contribution in [0.25, 0.3) is 0 Å². The Morgan fingerprint density at radius 1 is 1.17 bits per heavy atom. The van der Waals surface area contributed by atoms with Gasteiger partial charge in [-0.3, -0.25) is 4.79 Å². The highest BCUT2D eigenvalue weighted by Gasteiger charge is 2.14. The summed E-state index contributed by atoms with van der Waals surface area (Å²) in [7, 11) is 0. The van der Waals surface area contributed by atoms with Crippen molar-refractivity contribution >= 4 is 46.7 Å². The molecule has 0 saturated heterocycles. The molecule has 1 heterocycles. The molecular formula is C22H23ClN4OS2.